The van der Waals surface area contributed by atoms with Crippen molar-refractivity contribution in [3.8, 4) is 0 Å². The van der Waals surface area contributed by atoms with Gasteiger partial charge in [-0.25, -0.2) is 9.59 Å². The van der Waals surface area contributed by atoms with E-state index in [9.17, 15) is 95.2 Å². The number of ketones is 4. The second-order valence-electron chi connectivity index (χ2n) is 32.3. The first kappa shape index (κ1) is 103. The zero-order valence-corrected chi connectivity index (χ0v) is 63.2. The molecule has 2 fully saturated rings. The van der Waals surface area contributed by atoms with Crippen molar-refractivity contribution in [3.63, 3.8) is 0 Å². The summed E-state index contributed by atoms with van der Waals surface area (Å²) in [6, 6.07) is 0. The van der Waals surface area contributed by atoms with Crippen LogP contribution in [-0.4, -0.2) is 314 Å². The number of aliphatic carboxylic acids is 2. The molecule has 0 aromatic heterocycles. The number of hydrogen-bond donors (Lipinski definition) is 22. The van der Waals surface area contributed by atoms with Crippen molar-refractivity contribution in [3.05, 3.63) is 11.8 Å². The molecule has 24 unspecified atom stereocenters. The van der Waals surface area contributed by atoms with Crippen LogP contribution in [0.4, 0.5) is 0 Å². The number of aliphatic hydroxyl groups is 20. The highest BCUT2D eigenvalue weighted by Gasteiger charge is 2.49. The van der Waals surface area contributed by atoms with Crippen LogP contribution >= 0.6 is 0 Å². The average molecular weight is 1460 g/mol. The van der Waals surface area contributed by atoms with E-state index in [4.69, 9.17) is 64.9 Å². The summed E-state index contributed by atoms with van der Waals surface area (Å²) in [5, 5.41) is 203. The second-order valence-corrected chi connectivity index (χ2v) is 32.3. The highest BCUT2D eigenvalue weighted by molar-refractivity contribution is 5.92. The Labute approximate surface area is 588 Å². The van der Waals surface area contributed by atoms with Crippen LogP contribution in [0.1, 0.15) is 180 Å². The third-order valence-electron chi connectivity index (χ3n) is 15.5. The van der Waals surface area contributed by atoms with E-state index in [1.807, 2.05) is 83.1 Å². The van der Waals surface area contributed by atoms with Crippen molar-refractivity contribution in [2.24, 2.45) is 37.9 Å². The molecule has 24 atom stereocenters. The first-order chi connectivity index (χ1) is 44.6. The Kier molecular flexibility index (Phi) is 44.1. The van der Waals surface area contributed by atoms with Crippen LogP contribution in [0.5, 0.6) is 0 Å². The predicted octanol–water partition coefficient (Wildman–Crippen LogP) is -2.17. The van der Waals surface area contributed by atoms with Gasteiger partial charge in [0.25, 0.3) is 0 Å². The van der Waals surface area contributed by atoms with Gasteiger partial charge in [0, 0.05) is 33.7 Å². The number of ether oxygens (including phenoxy) is 4. The molecule has 0 radical (unpaired) electrons. The second kappa shape index (κ2) is 43.0. The van der Waals surface area contributed by atoms with Crippen molar-refractivity contribution < 1.29 is 160 Å². The van der Waals surface area contributed by atoms with Gasteiger partial charge in [-0.05, 0) is 44.1 Å². The van der Waals surface area contributed by atoms with Gasteiger partial charge in [0.15, 0.2) is 35.3 Å². The smallest absolute Gasteiger partial charge is 0.335 e. The summed E-state index contributed by atoms with van der Waals surface area (Å²) in [5.41, 5.74) is -3.90. The molecule has 100 heavy (non-hydrogen) atoms. The molecular weight excluding hydrogens is 1330 g/mol. The number of allylic oxidation sites excluding steroid dienone is 1. The molecule has 0 aliphatic carbocycles. The van der Waals surface area contributed by atoms with Crippen LogP contribution in [0.25, 0.3) is 0 Å². The molecule has 32 heteroatoms. The minimum Gasteiger partial charge on any atom is -0.492 e. The Balaban J connectivity index is -0.000000540. The van der Waals surface area contributed by atoms with Crippen molar-refractivity contribution in [2.75, 3.05) is 19.8 Å². The average Bonchev–Trinajstić information content (AvgIpc) is 0.802. The van der Waals surface area contributed by atoms with Crippen LogP contribution in [0, 0.1) is 37.9 Å². The van der Waals surface area contributed by atoms with Crippen LogP contribution in [-0.2, 0) is 47.7 Å². The first-order valence-electron chi connectivity index (χ1n) is 33.0. The molecule has 0 aromatic rings. The lowest BCUT2D eigenvalue weighted by Gasteiger charge is -2.46. The summed E-state index contributed by atoms with van der Waals surface area (Å²) in [6.45, 7) is 43.2. The first-order valence-corrected chi connectivity index (χ1v) is 33.0. The maximum absolute atomic E-state index is 11.6. The number of carboxylic acids is 2. The lowest BCUT2D eigenvalue weighted by molar-refractivity contribution is -0.249. The standard InChI is InChI=1S/C12H24O4.C11H22O4.C10H18O7.C10H20O6.C10H18O3.C8H14O5.C7H14O3/c1-6-15-10-7(2)16-11(12(3,4)5)9(14)8(10)13;1-5-6-7(12)8(13)9(14)10(15-6)11(2,3)4;1-10(2,3)8(15)6(13)4(11)5(12)7(14)9(16)17;1-10(2,3)9(16)8(15)7(14)6(13)5(12)4-11;1-6-5-7(11)8(12)9(13-6)10(2,3)4;1-8(2,3)6(11)4(9)5(10)7(12)13;1-7(2,3)6(10)5(9)4-8/h7-11,13-14H,6H2,1-5H3;6-10,12-14H,5H2,1-4H3;4-7,11-14H,1-3H3,(H,16,17);5-8,11-15H,4H2,1-3H3;5,7-9,11-12H,1-4H3;4-5,9-10H,1-3H3,(H,12,13);5,8-9H,4H2,1-3H3. The van der Waals surface area contributed by atoms with Gasteiger partial charge in [0.05, 0.1) is 43.4 Å². The maximum Gasteiger partial charge on any atom is 0.335 e. The fourth-order valence-corrected chi connectivity index (χ4v) is 9.25. The lowest BCUT2D eigenvalue weighted by Crippen LogP contribution is -2.60. The van der Waals surface area contributed by atoms with E-state index in [0.717, 1.165) is 0 Å². The largest absolute Gasteiger partial charge is 0.492 e. The van der Waals surface area contributed by atoms with Gasteiger partial charge in [-0.1, -0.05) is 152 Å². The zero-order chi connectivity index (χ0) is 80.8. The third kappa shape index (κ3) is 34.0. The van der Waals surface area contributed by atoms with Gasteiger partial charge >= 0.3 is 11.9 Å². The number of carbonyl (C=O) groups is 6. The Morgan fingerprint density at radius 3 is 1.08 bits per heavy atom. The van der Waals surface area contributed by atoms with Gasteiger partial charge in [-0.3, -0.25) is 19.2 Å². The topological polar surface area (TPSA) is 584 Å². The maximum atomic E-state index is 11.6. The Bertz CT molecular complexity index is 2440. The van der Waals surface area contributed by atoms with Crippen LogP contribution in [0.2, 0.25) is 0 Å². The number of aliphatic hydroxyl groups excluding tert-OH is 20. The number of carbonyl (C=O) groups excluding carboxylic acids is 4. The number of rotatable bonds is 18. The van der Waals surface area contributed by atoms with Crippen molar-refractivity contribution in [1.29, 1.82) is 0 Å². The van der Waals surface area contributed by atoms with Gasteiger partial charge in [-0.2, -0.15) is 0 Å². The van der Waals surface area contributed by atoms with Gasteiger partial charge < -0.3 is 131 Å². The Hall–Kier alpha value is -3.76. The summed E-state index contributed by atoms with van der Waals surface area (Å²) in [4.78, 5) is 65.9. The number of hydrogen-bond acceptors (Lipinski definition) is 30. The molecule has 0 amide bonds. The van der Waals surface area contributed by atoms with Crippen molar-refractivity contribution in [1.82, 2.24) is 0 Å². The van der Waals surface area contributed by atoms with Crippen LogP contribution < -0.4 is 0 Å². The molecular formula is C68H130O32. The van der Waals surface area contributed by atoms with E-state index in [1.165, 1.54) is 47.6 Å². The molecule has 22 N–H and O–H groups in total. The minimum atomic E-state index is -2.27. The molecule has 3 rings (SSSR count). The van der Waals surface area contributed by atoms with Gasteiger partial charge in [-0.15, -0.1) is 0 Å². The van der Waals surface area contributed by atoms with Gasteiger partial charge in [0.2, 0.25) is 0 Å². The SMILES string of the molecule is CC(C)(C)C(=O)C(O)C(O)C(=O)O.CC(C)(C)C(=O)C(O)C(O)C(O)C(O)C(=O)O.CC(C)(C)C(=O)C(O)C(O)C(O)C(O)CO.CC(C)(C)C(=O)C(O)CO.CC1=CC(O)C(O)C(C(C)(C)C)O1.CCC1OC(C(C)(C)C)C(O)C(O)C1O.CCOC1C(C)OC(C(C)(C)C)C(O)C1O. The van der Waals surface area contributed by atoms with E-state index >= 15 is 0 Å². The van der Waals surface area contributed by atoms with E-state index in [0.29, 0.717) is 18.8 Å². The van der Waals surface area contributed by atoms with Crippen molar-refractivity contribution in [2.45, 2.75) is 326 Å². The Morgan fingerprint density at radius 2 is 0.770 bits per heavy atom. The summed E-state index contributed by atoms with van der Waals surface area (Å²) >= 11 is 0. The van der Waals surface area contributed by atoms with Crippen molar-refractivity contribution >= 4 is 35.1 Å². The molecule has 3 aliphatic rings. The highest BCUT2D eigenvalue weighted by atomic mass is 16.6. The summed E-state index contributed by atoms with van der Waals surface area (Å²) in [7, 11) is 0. The fourth-order valence-electron chi connectivity index (χ4n) is 9.25. The fraction of sp³-hybridized carbons (Fsp3) is 0.882. The van der Waals surface area contributed by atoms with E-state index in [-0.39, 0.29) is 40.3 Å². The van der Waals surface area contributed by atoms with E-state index in [2.05, 4.69) is 0 Å². The Morgan fingerprint density at radius 1 is 0.430 bits per heavy atom. The highest BCUT2D eigenvalue weighted by Crippen LogP contribution is 2.36. The molecule has 2 saturated heterocycles. The summed E-state index contributed by atoms with van der Waals surface area (Å²) < 4.78 is 22.3. The third-order valence-corrected chi connectivity index (χ3v) is 15.5. The minimum absolute atomic E-state index is 0.171. The molecule has 0 bridgehead atoms. The normalized spacial score (nSPS) is 27.7. The predicted molar refractivity (Wildman–Crippen MR) is 361 cm³/mol. The quantitative estimate of drug-likeness (QED) is 0.0694. The number of Topliss-reactive ketones (excluding diaryl/α,β-unsaturated/α-hetero) is 4. The monoisotopic (exact) mass is 1460 g/mol. The van der Waals surface area contributed by atoms with Crippen LogP contribution in [0.15, 0.2) is 11.8 Å². The molecule has 3 aliphatic heterocycles. The van der Waals surface area contributed by atoms with Gasteiger partial charge in [0.1, 0.15) is 110 Å². The summed E-state index contributed by atoms with van der Waals surface area (Å²) in [6.07, 6.45) is -27.2. The zero-order valence-electron chi connectivity index (χ0n) is 63.2. The molecule has 0 aromatic carbocycles. The molecule has 0 spiro atoms. The molecule has 0 saturated carbocycles. The lowest BCUT2D eigenvalue weighted by atomic mass is 9.80. The molecule has 32 nitrogen and oxygen atoms in total. The number of carboxylic acid groups (broad SMARTS) is 2. The molecule has 3 heterocycles. The van der Waals surface area contributed by atoms with Crippen LogP contribution in [0.3, 0.4) is 0 Å². The molecule has 594 valence electrons. The van der Waals surface area contributed by atoms with E-state index < -0.39 is 192 Å². The van der Waals surface area contributed by atoms with E-state index in [1.54, 1.807) is 48.5 Å². The summed E-state index contributed by atoms with van der Waals surface area (Å²) in [5.74, 6) is -5.11.